The second-order valence-corrected chi connectivity index (χ2v) is 7.68. The second kappa shape index (κ2) is 9.07. The molecule has 2 heterocycles. The first kappa shape index (κ1) is 18.8. The van der Waals surface area contributed by atoms with E-state index in [0.29, 0.717) is 16.9 Å². The Morgan fingerprint density at radius 1 is 1.42 bits per heavy atom. The Labute approximate surface area is 158 Å². The number of imidazole rings is 1. The SMILES string of the molecule is CN=C(NCCSc1ccccc1F)N1CCC(C)C(n2ccnc2)C1. The molecule has 0 amide bonds. The summed E-state index contributed by atoms with van der Waals surface area (Å²) in [6, 6.07) is 7.30. The lowest BCUT2D eigenvalue weighted by atomic mass is 9.93. The minimum absolute atomic E-state index is 0.157. The number of nitrogens with one attached hydrogen (secondary N) is 1. The van der Waals surface area contributed by atoms with Gasteiger partial charge in [-0.25, -0.2) is 9.37 Å². The lowest BCUT2D eigenvalue weighted by Crippen LogP contribution is -2.49. The van der Waals surface area contributed by atoms with Gasteiger partial charge in [0.1, 0.15) is 5.82 Å². The number of thioether (sulfide) groups is 1. The average molecular weight is 376 g/mol. The van der Waals surface area contributed by atoms with Crippen molar-refractivity contribution in [2.45, 2.75) is 24.3 Å². The smallest absolute Gasteiger partial charge is 0.193 e. The molecular weight excluding hydrogens is 349 g/mol. The van der Waals surface area contributed by atoms with Crippen LogP contribution in [0.5, 0.6) is 0 Å². The third-order valence-corrected chi connectivity index (χ3v) is 5.87. The van der Waals surface area contributed by atoms with E-state index in [1.165, 1.54) is 17.8 Å². The second-order valence-electron chi connectivity index (χ2n) is 6.54. The molecule has 3 rings (SSSR count). The lowest BCUT2D eigenvalue weighted by Gasteiger charge is -2.39. The van der Waals surface area contributed by atoms with E-state index >= 15 is 0 Å². The Balaban J connectivity index is 1.51. The van der Waals surface area contributed by atoms with Crippen LogP contribution in [0, 0.1) is 11.7 Å². The summed E-state index contributed by atoms with van der Waals surface area (Å²) in [6.07, 6.45) is 6.88. The van der Waals surface area contributed by atoms with E-state index in [1.807, 2.05) is 37.9 Å². The first-order chi connectivity index (χ1) is 12.7. The van der Waals surface area contributed by atoms with Crippen molar-refractivity contribution in [2.75, 3.05) is 32.4 Å². The number of rotatable bonds is 5. The molecule has 2 aromatic rings. The number of hydrogen-bond acceptors (Lipinski definition) is 3. The molecule has 1 aliphatic rings. The number of guanidine groups is 1. The van der Waals surface area contributed by atoms with Gasteiger partial charge in [-0.05, 0) is 24.5 Å². The van der Waals surface area contributed by atoms with Gasteiger partial charge in [-0.15, -0.1) is 11.8 Å². The monoisotopic (exact) mass is 375 g/mol. The molecule has 7 heteroatoms. The Morgan fingerprint density at radius 3 is 3.00 bits per heavy atom. The van der Waals surface area contributed by atoms with Gasteiger partial charge < -0.3 is 14.8 Å². The fourth-order valence-corrected chi connectivity index (χ4v) is 4.12. The van der Waals surface area contributed by atoms with Crippen molar-refractivity contribution >= 4 is 17.7 Å². The topological polar surface area (TPSA) is 45.5 Å². The molecule has 1 aliphatic heterocycles. The molecule has 1 aromatic heterocycles. The van der Waals surface area contributed by atoms with Gasteiger partial charge in [0.25, 0.3) is 0 Å². The fourth-order valence-electron chi connectivity index (χ4n) is 3.31. The van der Waals surface area contributed by atoms with E-state index in [4.69, 9.17) is 0 Å². The van der Waals surface area contributed by atoms with Crippen molar-refractivity contribution < 1.29 is 4.39 Å². The van der Waals surface area contributed by atoms with E-state index in [2.05, 4.69) is 31.7 Å². The predicted molar refractivity (Wildman–Crippen MR) is 105 cm³/mol. The van der Waals surface area contributed by atoms with Gasteiger partial charge in [-0.2, -0.15) is 0 Å². The van der Waals surface area contributed by atoms with Crippen molar-refractivity contribution in [1.29, 1.82) is 0 Å². The largest absolute Gasteiger partial charge is 0.355 e. The maximum Gasteiger partial charge on any atom is 0.193 e. The van der Waals surface area contributed by atoms with Crippen LogP contribution >= 0.6 is 11.8 Å². The number of hydrogen-bond donors (Lipinski definition) is 1. The maximum atomic E-state index is 13.7. The first-order valence-corrected chi connectivity index (χ1v) is 9.98. The molecule has 0 saturated carbocycles. The number of likely N-dealkylation sites (tertiary alicyclic amines) is 1. The lowest BCUT2D eigenvalue weighted by molar-refractivity contribution is 0.189. The molecule has 0 bridgehead atoms. The molecule has 26 heavy (non-hydrogen) atoms. The maximum absolute atomic E-state index is 13.7. The van der Waals surface area contributed by atoms with Crippen LogP contribution in [0.2, 0.25) is 0 Å². The minimum Gasteiger partial charge on any atom is -0.355 e. The molecule has 1 saturated heterocycles. The number of aromatic nitrogens is 2. The molecule has 2 atom stereocenters. The molecule has 2 unspecified atom stereocenters. The highest BCUT2D eigenvalue weighted by Crippen LogP contribution is 2.27. The standard InChI is InChI=1S/C19H26FN5S/c1-15-7-10-24(13-17(15)25-11-8-22-14-25)19(21-2)23-9-12-26-18-6-4-3-5-16(18)20/h3-6,8,11,14-15,17H,7,9-10,12-13H2,1-2H3,(H,21,23). The van der Waals surface area contributed by atoms with Crippen molar-refractivity contribution in [2.24, 2.45) is 10.9 Å². The molecule has 1 fully saturated rings. The summed E-state index contributed by atoms with van der Waals surface area (Å²) in [6.45, 7) is 4.95. The fraction of sp³-hybridized carbons (Fsp3) is 0.474. The van der Waals surface area contributed by atoms with E-state index in [0.717, 1.165) is 37.8 Å². The van der Waals surface area contributed by atoms with Gasteiger partial charge >= 0.3 is 0 Å². The van der Waals surface area contributed by atoms with Crippen LogP contribution in [0.25, 0.3) is 0 Å². The van der Waals surface area contributed by atoms with Crippen LogP contribution < -0.4 is 5.32 Å². The van der Waals surface area contributed by atoms with Gasteiger partial charge in [-0.1, -0.05) is 19.1 Å². The summed E-state index contributed by atoms with van der Waals surface area (Å²) in [5.41, 5.74) is 0. The van der Waals surface area contributed by atoms with Crippen LogP contribution in [0.3, 0.4) is 0 Å². The van der Waals surface area contributed by atoms with Gasteiger partial charge in [0.15, 0.2) is 5.96 Å². The van der Waals surface area contributed by atoms with Gasteiger partial charge in [0.05, 0.1) is 12.4 Å². The summed E-state index contributed by atoms with van der Waals surface area (Å²) >= 11 is 1.52. The van der Waals surface area contributed by atoms with E-state index in [1.54, 1.807) is 6.07 Å². The van der Waals surface area contributed by atoms with Crippen LogP contribution in [0.15, 0.2) is 52.9 Å². The Hall–Kier alpha value is -2.02. The molecule has 140 valence electrons. The highest BCUT2D eigenvalue weighted by atomic mass is 32.2. The summed E-state index contributed by atoms with van der Waals surface area (Å²) in [4.78, 5) is 11.6. The van der Waals surface area contributed by atoms with Crippen LogP contribution in [-0.2, 0) is 0 Å². The van der Waals surface area contributed by atoms with Gasteiger partial charge in [0, 0.05) is 49.7 Å². The van der Waals surface area contributed by atoms with Crippen LogP contribution in [0.4, 0.5) is 4.39 Å². The van der Waals surface area contributed by atoms with Crippen molar-refractivity contribution in [1.82, 2.24) is 19.8 Å². The summed E-state index contributed by atoms with van der Waals surface area (Å²) in [5.74, 6) is 2.15. The molecule has 1 N–H and O–H groups in total. The zero-order valence-corrected chi connectivity index (χ0v) is 16.1. The highest BCUT2D eigenvalue weighted by Gasteiger charge is 2.28. The third-order valence-electron chi connectivity index (χ3n) is 4.82. The quantitative estimate of drug-likeness (QED) is 0.377. The highest BCUT2D eigenvalue weighted by molar-refractivity contribution is 7.99. The Morgan fingerprint density at radius 2 is 2.27 bits per heavy atom. The number of halogens is 1. The molecule has 0 spiro atoms. The molecule has 0 aliphatic carbocycles. The molecular formula is C19H26FN5S. The summed E-state index contributed by atoms with van der Waals surface area (Å²) < 4.78 is 15.9. The van der Waals surface area contributed by atoms with E-state index in [-0.39, 0.29) is 5.82 Å². The van der Waals surface area contributed by atoms with Crippen LogP contribution in [0.1, 0.15) is 19.4 Å². The number of benzene rings is 1. The number of nitrogens with zero attached hydrogens (tertiary/aromatic N) is 4. The Bertz CT molecular complexity index is 718. The zero-order valence-electron chi connectivity index (χ0n) is 15.3. The average Bonchev–Trinajstić information content (AvgIpc) is 3.18. The summed E-state index contributed by atoms with van der Waals surface area (Å²) in [7, 11) is 1.82. The molecule has 5 nitrogen and oxygen atoms in total. The van der Waals surface area contributed by atoms with E-state index in [9.17, 15) is 4.39 Å². The van der Waals surface area contributed by atoms with Gasteiger partial charge in [0.2, 0.25) is 0 Å². The van der Waals surface area contributed by atoms with E-state index < -0.39 is 0 Å². The third kappa shape index (κ3) is 4.58. The first-order valence-electron chi connectivity index (χ1n) is 8.99. The number of aliphatic imine (C=N–C) groups is 1. The Kier molecular flexibility index (Phi) is 6.55. The molecule has 1 aromatic carbocycles. The summed E-state index contributed by atoms with van der Waals surface area (Å²) in [5, 5.41) is 3.42. The molecule has 0 radical (unpaired) electrons. The van der Waals surface area contributed by atoms with Crippen molar-refractivity contribution in [3.63, 3.8) is 0 Å². The predicted octanol–water partition coefficient (Wildman–Crippen LogP) is 3.27. The van der Waals surface area contributed by atoms with Crippen molar-refractivity contribution in [3.05, 3.63) is 48.8 Å². The zero-order chi connectivity index (χ0) is 18.4. The number of piperidine rings is 1. The van der Waals surface area contributed by atoms with Gasteiger partial charge in [-0.3, -0.25) is 4.99 Å². The van der Waals surface area contributed by atoms with Crippen molar-refractivity contribution in [3.8, 4) is 0 Å². The minimum atomic E-state index is -0.157. The normalized spacial score (nSPS) is 21.0. The van der Waals surface area contributed by atoms with Crippen LogP contribution in [-0.4, -0.2) is 52.8 Å².